The van der Waals surface area contributed by atoms with E-state index in [9.17, 15) is 9.59 Å². The predicted molar refractivity (Wildman–Crippen MR) is 101 cm³/mol. The van der Waals surface area contributed by atoms with Gasteiger partial charge in [-0.2, -0.15) is 5.10 Å². The summed E-state index contributed by atoms with van der Waals surface area (Å²) in [7, 11) is 0. The average Bonchev–Trinajstić information content (AvgIpc) is 3.18. The molecule has 0 unspecified atom stereocenters. The molecule has 1 aromatic carbocycles. The predicted octanol–water partition coefficient (Wildman–Crippen LogP) is 1.75. The number of hydrogen-bond acceptors (Lipinski definition) is 6. The molecule has 0 bridgehead atoms. The Morgan fingerprint density at radius 2 is 2.04 bits per heavy atom. The third-order valence-electron chi connectivity index (χ3n) is 3.51. The Labute approximate surface area is 154 Å². The summed E-state index contributed by atoms with van der Waals surface area (Å²) in [5.74, 6) is 0.398. The quantitative estimate of drug-likeness (QED) is 0.617. The van der Waals surface area contributed by atoms with Crippen LogP contribution in [0.15, 0.2) is 58.7 Å². The van der Waals surface area contributed by atoms with Crippen LogP contribution in [0.4, 0.5) is 5.69 Å². The molecule has 3 rings (SSSR count). The van der Waals surface area contributed by atoms with Gasteiger partial charge in [0, 0.05) is 0 Å². The van der Waals surface area contributed by atoms with Crippen LogP contribution in [-0.4, -0.2) is 28.8 Å². The first-order chi connectivity index (χ1) is 12.6. The maximum absolute atomic E-state index is 12.1. The number of anilines is 1. The van der Waals surface area contributed by atoms with Gasteiger partial charge < -0.3 is 15.8 Å². The molecule has 7 nitrogen and oxygen atoms in total. The molecule has 0 spiro atoms. The molecular weight excluding hydrogens is 352 g/mol. The molecule has 3 N–H and O–H groups in total. The Kier molecular flexibility index (Phi) is 5.65. The fourth-order valence-electron chi connectivity index (χ4n) is 2.28. The highest BCUT2D eigenvalue weighted by Crippen LogP contribution is 2.22. The van der Waals surface area contributed by atoms with E-state index in [4.69, 9.17) is 10.5 Å². The van der Waals surface area contributed by atoms with Crippen molar-refractivity contribution in [3.8, 4) is 16.3 Å². The Morgan fingerprint density at radius 1 is 1.23 bits per heavy atom. The Morgan fingerprint density at radius 3 is 2.77 bits per heavy atom. The zero-order chi connectivity index (χ0) is 18.4. The van der Waals surface area contributed by atoms with E-state index in [-0.39, 0.29) is 18.1 Å². The number of nitrogens with two attached hydrogens (primary N) is 1. The van der Waals surface area contributed by atoms with Crippen LogP contribution in [0, 0.1) is 0 Å². The van der Waals surface area contributed by atoms with Crippen molar-refractivity contribution >= 4 is 22.9 Å². The number of nitrogen functional groups attached to an aromatic ring is 1. The fourth-order valence-corrected chi connectivity index (χ4v) is 2.96. The summed E-state index contributed by atoms with van der Waals surface area (Å²) in [4.78, 5) is 25.1. The molecule has 0 radical (unpaired) electrons. The van der Waals surface area contributed by atoms with E-state index in [1.807, 2.05) is 47.8 Å². The number of carbonyl (C=O) groups excluding carboxylic acids is 1. The van der Waals surface area contributed by atoms with Crippen LogP contribution < -0.4 is 21.3 Å². The number of thiophene rings is 1. The zero-order valence-electron chi connectivity index (χ0n) is 13.9. The highest BCUT2D eigenvalue weighted by molar-refractivity contribution is 7.13. The van der Waals surface area contributed by atoms with Gasteiger partial charge >= 0.3 is 0 Å². The molecule has 0 saturated carbocycles. The smallest absolute Gasteiger partial charge is 0.290 e. The summed E-state index contributed by atoms with van der Waals surface area (Å²) in [6, 6.07) is 14.6. The summed E-state index contributed by atoms with van der Waals surface area (Å²) in [6.45, 7) is 0.450. The Bertz CT molecular complexity index is 923. The second-order valence-electron chi connectivity index (χ2n) is 5.44. The first-order valence-corrected chi connectivity index (χ1v) is 8.87. The SMILES string of the molecule is Nc1cc(-c2cccs2)nn(CC(=O)NCCOc2ccccc2)c1=O. The van der Waals surface area contributed by atoms with E-state index in [1.165, 1.54) is 17.4 Å². The molecule has 0 fully saturated rings. The van der Waals surface area contributed by atoms with E-state index in [1.54, 1.807) is 0 Å². The molecule has 0 aliphatic heterocycles. The van der Waals surface area contributed by atoms with E-state index < -0.39 is 5.56 Å². The van der Waals surface area contributed by atoms with Crippen LogP contribution in [-0.2, 0) is 11.3 Å². The van der Waals surface area contributed by atoms with Gasteiger partial charge in [-0.3, -0.25) is 9.59 Å². The van der Waals surface area contributed by atoms with Gasteiger partial charge in [-0.25, -0.2) is 4.68 Å². The minimum Gasteiger partial charge on any atom is -0.492 e. The topological polar surface area (TPSA) is 99.2 Å². The van der Waals surface area contributed by atoms with Gasteiger partial charge in [0.15, 0.2) is 0 Å². The van der Waals surface area contributed by atoms with Gasteiger partial charge in [0.2, 0.25) is 5.91 Å². The van der Waals surface area contributed by atoms with E-state index in [0.717, 1.165) is 15.3 Å². The maximum Gasteiger partial charge on any atom is 0.290 e. The maximum atomic E-state index is 12.1. The van der Waals surface area contributed by atoms with E-state index >= 15 is 0 Å². The van der Waals surface area contributed by atoms with Gasteiger partial charge in [0.1, 0.15) is 30.3 Å². The normalized spacial score (nSPS) is 10.5. The van der Waals surface area contributed by atoms with E-state index in [2.05, 4.69) is 10.4 Å². The molecule has 0 aliphatic rings. The van der Waals surface area contributed by atoms with Crippen molar-refractivity contribution in [1.29, 1.82) is 0 Å². The largest absolute Gasteiger partial charge is 0.492 e. The van der Waals surface area contributed by atoms with Crippen LogP contribution in [0.3, 0.4) is 0 Å². The number of amides is 1. The van der Waals surface area contributed by atoms with Gasteiger partial charge in [-0.15, -0.1) is 11.3 Å². The minimum atomic E-state index is -0.485. The Hall–Kier alpha value is -3.13. The fraction of sp³-hybridized carbons (Fsp3) is 0.167. The number of para-hydroxylation sites is 1. The molecule has 3 aromatic rings. The Balaban J connectivity index is 1.58. The van der Waals surface area contributed by atoms with Crippen LogP contribution >= 0.6 is 11.3 Å². The first-order valence-electron chi connectivity index (χ1n) is 7.99. The van der Waals surface area contributed by atoms with Gasteiger partial charge in [0.05, 0.1) is 11.4 Å². The lowest BCUT2D eigenvalue weighted by molar-refractivity contribution is -0.122. The first kappa shape index (κ1) is 17.7. The standard InChI is InChI=1S/C18H18N4O3S/c19-14-11-15(16-7-4-10-26-16)21-22(18(14)24)12-17(23)20-8-9-25-13-5-2-1-3-6-13/h1-7,10-11H,8-9,12,19H2,(H,20,23). The van der Waals surface area contributed by atoms with Crippen LogP contribution in [0.1, 0.15) is 0 Å². The summed E-state index contributed by atoms with van der Waals surface area (Å²) >= 11 is 1.48. The van der Waals surface area contributed by atoms with Crippen molar-refractivity contribution in [1.82, 2.24) is 15.1 Å². The summed E-state index contributed by atoms with van der Waals surface area (Å²) < 4.78 is 6.58. The second-order valence-corrected chi connectivity index (χ2v) is 6.38. The van der Waals surface area contributed by atoms with Crippen LogP contribution in [0.5, 0.6) is 5.75 Å². The molecule has 134 valence electrons. The summed E-state index contributed by atoms with van der Waals surface area (Å²) in [5.41, 5.74) is 5.91. The number of aromatic nitrogens is 2. The summed E-state index contributed by atoms with van der Waals surface area (Å²) in [5, 5.41) is 8.84. The number of hydrogen-bond donors (Lipinski definition) is 2. The molecule has 2 heterocycles. The van der Waals surface area contributed by atoms with Crippen molar-refractivity contribution in [2.24, 2.45) is 0 Å². The average molecular weight is 370 g/mol. The van der Waals surface area contributed by atoms with Crippen molar-refractivity contribution in [3.05, 3.63) is 64.3 Å². The van der Waals surface area contributed by atoms with Gasteiger partial charge in [0.25, 0.3) is 5.56 Å². The van der Waals surface area contributed by atoms with Crippen LogP contribution in [0.2, 0.25) is 0 Å². The number of benzene rings is 1. The zero-order valence-corrected chi connectivity index (χ0v) is 14.7. The highest BCUT2D eigenvalue weighted by Gasteiger charge is 2.11. The number of nitrogens with one attached hydrogen (secondary N) is 1. The molecule has 26 heavy (non-hydrogen) atoms. The monoisotopic (exact) mass is 370 g/mol. The number of nitrogens with zero attached hydrogens (tertiary/aromatic N) is 2. The molecular formula is C18H18N4O3S. The third kappa shape index (κ3) is 4.48. The molecule has 0 saturated heterocycles. The van der Waals surface area contributed by atoms with Crippen molar-refractivity contribution in [3.63, 3.8) is 0 Å². The number of ether oxygens (including phenoxy) is 1. The molecule has 0 aliphatic carbocycles. The molecule has 0 atom stereocenters. The highest BCUT2D eigenvalue weighted by atomic mass is 32.1. The van der Waals surface area contributed by atoms with Gasteiger partial charge in [-0.1, -0.05) is 24.3 Å². The molecule has 8 heteroatoms. The summed E-state index contributed by atoms with van der Waals surface area (Å²) in [6.07, 6.45) is 0. The molecule has 1 amide bonds. The molecule has 2 aromatic heterocycles. The lowest BCUT2D eigenvalue weighted by Gasteiger charge is -2.10. The second kappa shape index (κ2) is 8.30. The lowest BCUT2D eigenvalue weighted by atomic mass is 10.3. The van der Waals surface area contributed by atoms with Crippen molar-refractivity contribution in [2.45, 2.75) is 6.54 Å². The minimum absolute atomic E-state index is 0.0589. The number of carbonyl (C=O) groups is 1. The van der Waals surface area contributed by atoms with Gasteiger partial charge in [-0.05, 0) is 29.6 Å². The van der Waals surface area contributed by atoms with Crippen LogP contribution in [0.25, 0.3) is 10.6 Å². The number of rotatable bonds is 7. The van der Waals surface area contributed by atoms with Crippen molar-refractivity contribution in [2.75, 3.05) is 18.9 Å². The van der Waals surface area contributed by atoms with E-state index in [0.29, 0.717) is 18.8 Å². The van der Waals surface area contributed by atoms with Crippen molar-refractivity contribution < 1.29 is 9.53 Å². The third-order valence-corrected chi connectivity index (χ3v) is 4.40. The lowest BCUT2D eigenvalue weighted by Crippen LogP contribution is -2.36.